The predicted molar refractivity (Wildman–Crippen MR) is 140 cm³/mol. The van der Waals surface area contributed by atoms with Gasteiger partial charge in [0.1, 0.15) is 0 Å². The van der Waals surface area contributed by atoms with Crippen LogP contribution in [0.2, 0.25) is 0 Å². The van der Waals surface area contributed by atoms with E-state index in [1.165, 1.54) is 81.5 Å². The highest BCUT2D eigenvalue weighted by Crippen LogP contribution is 2.17. The van der Waals surface area contributed by atoms with E-state index in [2.05, 4.69) is 55.3 Å². The second-order valence-electron chi connectivity index (χ2n) is 8.52. The second kappa shape index (κ2) is 18.1. The van der Waals surface area contributed by atoms with Crippen molar-refractivity contribution in [1.82, 2.24) is 0 Å². The molecular weight excluding hydrogens is 394 g/mol. The van der Waals surface area contributed by atoms with E-state index in [0.717, 1.165) is 18.2 Å². The van der Waals surface area contributed by atoms with Crippen molar-refractivity contribution in [3.8, 4) is 0 Å². The first-order chi connectivity index (χ1) is 15.5. The number of rotatable bonds is 17. The molecule has 0 aliphatic heterocycles. The minimum Gasteiger partial charge on any atom is -0.478 e. The molecule has 0 unspecified atom stereocenters. The van der Waals surface area contributed by atoms with Gasteiger partial charge in [0.2, 0.25) is 0 Å². The van der Waals surface area contributed by atoms with Gasteiger partial charge in [-0.2, -0.15) is 0 Å². The van der Waals surface area contributed by atoms with E-state index in [-0.39, 0.29) is 0 Å². The molecule has 0 heterocycles. The lowest BCUT2D eigenvalue weighted by atomic mass is 10.1. The molecule has 3 heteroatoms. The SMILES string of the molecule is CCCCCCCCCCCCN(C)c1ccc(C=CC(C)=CC=CC=CC(=O)O)cc1. The average Bonchev–Trinajstić information content (AvgIpc) is 2.78. The smallest absolute Gasteiger partial charge is 0.328 e. The summed E-state index contributed by atoms with van der Waals surface area (Å²) in [5.41, 5.74) is 3.54. The second-order valence-corrected chi connectivity index (χ2v) is 8.52. The largest absolute Gasteiger partial charge is 0.478 e. The fraction of sp³-hybridized carbons (Fsp3) is 0.483. The van der Waals surface area contributed by atoms with Crippen LogP contribution in [-0.2, 0) is 4.79 Å². The number of anilines is 1. The molecule has 1 rings (SSSR count). The molecule has 0 aliphatic carbocycles. The zero-order valence-corrected chi connectivity index (χ0v) is 20.4. The summed E-state index contributed by atoms with van der Waals surface area (Å²) in [5.74, 6) is -0.937. The van der Waals surface area contributed by atoms with Gasteiger partial charge >= 0.3 is 5.97 Å². The van der Waals surface area contributed by atoms with Gasteiger partial charge < -0.3 is 10.0 Å². The minimum atomic E-state index is -0.937. The normalized spacial score (nSPS) is 12.4. The molecule has 1 aromatic carbocycles. The van der Waals surface area contributed by atoms with Crippen LogP contribution in [-0.4, -0.2) is 24.7 Å². The molecule has 0 fully saturated rings. The molecule has 0 aliphatic rings. The van der Waals surface area contributed by atoms with Gasteiger partial charge in [0, 0.05) is 25.4 Å². The number of carbonyl (C=O) groups is 1. The molecule has 0 bridgehead atoms. The maximum atomic E-state index is 10.4. The number of allylic oxidation sites excluding steroid dienone is 6. The fourth-order valence-corrected chi connectivity index (χ4v) is 3.50. The van der Waals surface area contributed by atoms with Crippen molar-refractivity contribution in [3.05, 3.63) is 71.9 Å². The monoisotopic (exact) mass is 437 g/mol. The topological polar surface area (TPSA) is 40.5 Å². The van der Waals surface area contributed by atoms with Crippen LogP contribution in [0.4, 0.5) is 5.69 Å². The lowest BCUT2D eigenvalue weighted by Crippen LogP contribution is -2.18. The van der Waals surface area contributed by atoms with E-state index in [1.807, 2.05) is 19.1 Å². The maximum Gasteiger partial charge on any atom is 0.328 e. The Kier molecular flexibility index (Phi) is 15.5. The zero-order chi connectivity index (χ0) is 23.4. The summed E-state index contributed by atoms with van der Waals surface area (Å²) in [7, 11) is 2.18. The van der Waals surface area contributed by atoms with E-state index < -0.39 is 5.97 Å². The van der Waals surface area contributed by atoms with E-state index in [1.54, 1.807) is 6.08 Å². The van der Waals surface area contributed by atoms with Gasteiger partial charge in [-0.25, -0.2) is 4.79 Å². The van der Waals surface area contributed by atoms with Crippen LogP contribution in [0, 0.1) is 0 Å². The molecule has 0 amide bonds. The van der Waals surface area contributed by atoms with Crippen molar-refractivity contribution < 1.29 is 9.90 Å². The van der Waals surface area contributed by atoms with Gasteiger partial charge in [0.25, 0.3) is 0 Å². The highest BCUT2D eigenvalue weighted by atomic mass is 16.4. The molecule has 0 radical (unpaired) electrons. The van der Waals surface area contributed by atoms with Crippen molar-refractivity contribution >= 4 is 17.7 Å². The fourth-order valence-electron chi connectivity index (χ4n) is 3.50. The first kappa shape index (κ1) is 27.5. The number of hydrogen-bond donors (Lipinski definition) is 1. The Morgan fingerprint density at radius 2 is 1.44 bits per heavy atom. The van der Waals surface area contributed by atoms with Gasteiger partial charge in [-0.05, 0) is 31.0 Å². The summed E-state index contributed by atoms with van der Waals surface area (Å²) < 4.78 is 0. The van der Waals surface area contributed by atoms with Crippen molar-refractivity contribution in [2.45, 2.75) is 78.1 Å². The van der Waals surface area contributed by atoms with Crippen LogP contribution in [0.3, 0.4) is 0 Å². The Bertz CT molecular complexity index is 741. The Morgan fingerprint density at radius 1 is 0.844 bits per heavy atom. The molecule has 3 nitrogen and oxygen atoms in total. The third-order valence-corrected chi connectivity index (χ3v) is 5.54. The summed E-state index contributed by atoms with van der Waals surface area (Å²) in [6.45, 7) is 5.41. The van der Waals surface area contributed by atoms with E-state index in [4.69, 9.17) is 5.11 Å². The summed E-state index contributed by atoms with van der Waals surface area (Å²) in [4.78, 5) is 12.8. The highest BCUT2D eigenvalue weighted by molar-refractivity contribution is 5.80. The first-order valence-electron chi connectivity index (χ1n) is 12.3. The average molecular weight is 438 g/mol. The van der Waals surface area contributed by atoms with Crippen molar-refractivity contribution in [2.75, 3.05) is 18.5 Å². The van der Waals surface area contributed by atoms with Crippen LogP contribution in [0.25, 0.3) is 6.08 Å². The Morgan fingerprint density at radius 3 is 2.03 bits per heavy atom. The third kappa shape index (κ3) is 14.5. The molecule has 176 valence electrons. The van der Waals surface area contributed by atoms with Gasteiger partial charge in [0.15, 0.2) is 0 Å². The molecule has 0 saturated heterocycles. The van der Waals surface area contributed by atoms with E-state index in [0.29, 0.717) is 0 Å². The molecular formula is C29H43NO2. The third-order valence-electron chi connectivity index (χ3n) is 5.54. The Balaban J connectivity index is 2.28. The van der Waals surface area contributed by atoms with E-state index in [9.17, 15) is 4.79 Å². The minimum absolute atomic E-state index is 0.937. The van der Waals surface area contributed by atoms with Crippen molar-refractivity contribution in [1.29, 1.82) is 0 Å². The summed E-state index contributed by atoms with van der Waals surface area (Å²) in [6.07, 6.45) is 26.0. The zero-order valence-electron chi connectivity index (χ0n) is 20.4. The quantitative estimate of drug-likeness (QED) is 0.152. The molecule has 0 aromatic heterocycles. The Hall–Kier alpha value is -2.55. The number of hydrogen-bond acceptors (Lipinski definition) is 2. The number of benzene rings is 1. The summed E-state index contributed by atoms with van der Waals surface area (Å²) in [6, 6.07) is 8.68. The summed E-state index contributed by atoms with van der Waals surface area (Å²) >= 11 is 0. The lowest BCUT2D eigenvalue weighted by Gasteiger charge is -2.19. The van der Waals surface area contributed by atoms with Crippen LogP contribution in [0.5, 0.6) is 0 Å². The number of carboxylic acids is 1. The van der Waals surface area contributed by atoms with E-state index >= 15 is 0 Å². The molecule has 1 N–H and O–H groups in total. The molecule has 1 aromatic rings. The number of carboxylic acid groups (broad SMARTS) is 1. The number of unbranched alkanes of at least 4 members (excludes halogenated alkanes) is 9. The van der Waals surface area contributed by atoms with Crippen molar-refractivity contribution in [3.63, 3.8) is 0 Å². The van der Waals surface area contributed by atoms with Gasteiger partial charge in [0.05, 0.1) is 0 Å². The standard InChI is InChI=1S/C29H43NO2/c1-4-5-6-7-8-9-10-11-12-16-25-30(3)28-23-21-27(22-24-28)20-19-26(2)17-14-13-15-18-29(31)32/h13-15,17-24H,4-12,16,25H2,1-3H3,(H,31,32). The van der Waals surface area contributed by atoms with Gasteiger partial charge in [-0.3, -0.25) is 0 Å². The van der Waals surface area contributed by atoms with Gasteiger partial charge in [-0.1, -0.05) is 119 Å². The van der Waals surface area contributed by atoms with Crippen LogP contribution in [0.15, 0.2) is 66.3 Å². The maximum absolute atomic E-state index is 10.4. The highest BCUT2D eigenvalue weighted by Gasteiger charge is 2.00. The Labute approximate surface area is 196 Å². The number of aliphatic carboxylic acids is 1. The number of nitrogens with zero attached hydrogens (tertiary/aromatic N) is 1. The predicted octanol–water partition coefficient (Wildman–Crippen LogP) is 8.20. The molecule has 0 atom stereocenters. The molecule has 0 saturated carbocycles. The van der Waals surface area contributed by atoms with Crippen LogP contribution in [0.1, 0.15) is 83.6 Å². The molecule has 0 spiro atoms. The summed E-state index contributed by atoms with van der Waals surface area (Å²) in [5, 5.41) is 8.55. The van der Waals surface area contributed by atoms with Crippen LogP contribution < -0.4 is 4.90 Å². The first-order valence-corrected chi connectivity index (χ1v) is 12.3. The lowest BCUT2D eigenvalue weighted by molar-refractivity contribution is -0.131. The van der Waals surface area contributed by atoms with Crippen molar-refractivity contribution in [2.24, 2.45) is 0 Å². The molecule has 32 heavy (non-hydrogen) atoms. The van der Waals surface area contributed by atoms with Crippen LogP contribution >= 0.6 is 0 Å². The van der Waals surface area contributed by atoms with Gasteiger partial charge in [-0.15, -0.1) is 0 Å².